The zero-order valence-corrected chi connectivity index (χ0v) is 15.6. The van der Waals surface area contributed by atoms with E-state index in [4.69, 9.17) is 21.1 Å². The van der Waals surface area contributed by atoms with E-state index < -0.39 is 15.7 Å². The van der Waals surface area contributed by atoms with Crippen LogP contribution in [0.1, 0.15) is 17.3 Å². The number of sulfone groups is 1. The summed E-state index contributed by atoms with van der Waals surface area (Å²) < 4.78 is 34.7. The summed E-state index contributed by atoms with van der Waals surface area (Å²) >= 11 is 6.09. The van der Waals surface area contributed by atoms with Crippen LogP contribution in [-0.4, -0.2) is 34.3 Å². The zero-order valence-electron chi connectivity index (χ0n) is 14.0. The van der Waals surface area contributed by atoms with Crippen molar-refractivity contribution in [2.45, 2.75) is 11.8 Å². The number of amides is 1. The molecule has 0 atom stereocenters. The molecule has 2 rings (SSSR count). The van der Waals surface area contributed by atoms with E-state index in [-0.39, 0.29) is 21.2 Å². The van der Waals surface area contributed by atoms with Crippen molar-refractivity contribution in [1.29, 1.82) is 0 Å². The van der Waals surface area contributed by atoms with Gasteiger partial charge in [-0.05, 0) is 18.2 Å². The van der Waals surface area contributed by atoms with Crippen molar-refractivity contribution in [2.75, 3.05) is 25.3 Å². The van der Waals surface area contributed by atoms with Crippen LogP contribution in [0.15, 0.2) is 41.3 Å². The molecule has 134 valence electrons. The first kappa shape index (κ1) is 19.1. The maximum absolute atomic E-state index is 12.6. The van der Waals surface area contributed by atoms with Crippen LogP contribution in [0, 0.1) is 0 Å². The second-order valence-corrected chi connectivity index (χ2v) is 7.69. The predicted molar refractivity (Wildman–Crippen MR) is 96.7 cm³/mol. The first-order chi connectivity index (χ1) is 11.8. The van der Waals surface area contributed by atoms with E-state index in [1.165, 1.54) is 45.4 Å². The molecule has 0 aromatic heterocycles. The summed E-state index contributed by atoms with van der Waals surface area (Å²) in [5.41, 5.74) is 0.361. The number of halogens is 1. The Morgan fingerprint density at radius 3 is 2.36 bits per heavy atom. The van der Waals surface area contributed by atoms with Gasteiger partial charge in [0, 0.05) is 6.07 Å². The van der Waals surface area contributed by atoms with E-state index in [1.54, 1.807) is 12.1 Å². The molecule has 25 heavy (non-hydrogen) atoms. The van der Waals surface area contributed by atoms with Gasteiger partial charge in [-0.25, -0.2) is 8.42 Å². The smallest absolute Gasteiger partial charge is 0.257 e. The van der Waals surface area contributed by atoms with E-state index in [0.717, 1.165) is 0 Å². The van der Waals surface area contributed by atoms with Crippen LogP contribution in [0.5, 0.6) is 11.5 Å². The molecule has 0 aliphatic carbocycles. The summed E-state index contributed by atoms with van der Waals surface area (Å²) in [5, 5.41) is 2.92. The highest BCUT2D eigenvalue weighted by Gasteiger charge is 2.21. The van der Waals surface area contributed by atoms with Gasteiger partial charge in [0.1, 0.15) is 11.5 Å². The Balaban J connectivity index is 2.44. The maximum Gasteiger partial charge on any atom is 0.257 e. The van der Waals surface area contributed by atoms with Crippen LogP contribution in [-0.2, 0) is 9.84 Å². The van der Waals surface area contributed by atoms with Crippen molar-refractivity contribution in [3.63, 3.8) is 0 Å². The minimum atomic E-state index is -3.54. The third-order valence-corrected chi connectivity index (χ3v) is 5.65. The fourth-order valence-corrected chi connectivity index (χ4v) is 3.56. The molecule has 0 bridgehead atoms. The molecular weight excluding hydrogens is 366 g/mol. The molecule has 0 saturated carbocycles. The Labute approximate surface area is 151 Å². The molecule has 0 aliphatic rings. The lowest BCUT2D eigenvalue weighted by Gasteiger charge is -2.14. The lowest BCUT2D eigenvalue weighted by Crippen LogP contribution is -2.17. The molecule has 1 N–H and O–H groups in total. The van der Waals surface area contributed by atoms with Gasteiger partial charge in [-0.3, -0.25) is 4.79 Å². The average Bonchev–Trinajstić information content (AvgIpc) is 2.62. The average molecular weight is 384 g/mol. The van der Waals surface area contributed by atoms with E-state index in [2.05, 4.69) is 5.32 Å². The Bertz CT molecular complexity index is 896. The van der Waals surface area contributed by atoms with E-state index in [9.17, 15) is 13.2 Å². The van der Waals surface area contributed by atoms with Gasteiger partial charge in [0.05, 0.1) is 41.1 Å². The van der Waals surface area contributed by atoms with Crippen LogP contribution < -0.4 is 14.8 Å². The minimum absolute atomic E-state index is 0.0198. The molecule has 0 heterocycles. The van der Waals surface area contributed by atoms with Gasteiger partial charge in [0.25, 0.3) is 5.91 Å². The largest absolute Gasteiger partial charge is 0.495 e. The number of ether oxygens (including phenoxy) is 2. The molecule has 8 heteroatoms. The first-order valence-electron chi connectivity index (χ1n) is 7.38. The van der Waals surface area contributed by atoms with Gasteiger partial charge in [0.15, 0.2) is 9.84 Å². The summed E-state index contributed by atoms with van der Waals surface area (Å²) in [6, 6.07) is 9.05. The molecule has 1 amide bonds. The minimum Gasteiger partial charge on any atom is -0.495 e. The van der Waals surface area contributed by atoms with Crippen LogP contribution in [0.2, 0.25) is 5.02 Å². The Hall–Kier alpha value is -2.25. The molecule has 0 spiro atoms. The molecule has 0 saturated heterocycles. The van der Waals surface area contributed by atoms with Crippen molar-refractivity contribution < 1.29 is 22.7 Å². The second-order valence-electron chi connectivity index (χ2n) is 5.04. The fraction of sp³-hybridized carbons (Fsp3) is 0.235. The molecule has 0 radical (unpaired) electrons. The Kier molecular flexibility index (Phi) is 5.92. The van der Waals surface area contributed by atoms with Crippen LogP contribution >= 0.6 is 11.6 Å². The molecule has 0 aliphatic heterocycles. The van der Waals surface area contributed by atoms with Gasteiger partial charge in [-0.1, -0.05) is 30.7 Å². The summed E-state index contributed by atoms with van der Waals surface area (Å²) in [7, 11) is -0.637. The normalized spacial score (nSPS) is 11.0. The molecule has 0 unspecified atom stereocenters. The molecule has 2 aromatic carbocycles. The first-order valence-corrected chi connectivity index (χ1v) is 9.41. The van der Waals surface area contributed by atoms with Gasteiger partial charge in [-0.15, -0.1) is 0 Å². The number of hydrogen-bond donors (Lipinski definition) is 1. The highest BCUT2D eigenvalue weighted by atomic mass is 35.5. The number of hydrogen-bond acceptors (Lipinski definition) is 5. The lowest BCUT2D eigenvalue weighted by molar-refractivity contribution is 0.102. The quantitative estimate of drug-likeness (QED) is 0.826. The van der Waals surface area contributed by atoms with Gasteiger partial charge in [-0.2, -0.15) is 0 Å². The summed E-state index contributed by atoms with van der Waals surface area (Å²) in [5.74, 6) is 0.0534. The van der Waals surface area contributed by atoms with Gasteiger partial charge in [0.2, 0.25) is 0 Å². The van der Waals surface area contributed by atoms with E-state index in [1.807, 2.05) is 0 Å². The molecule has 0 fully saturated rings. The monoisotopic (exact) mass is 383 g/mol. The van der Waals surface area contributed by atoms with Crippen LogP contribution in [0.25, 0.3) is 0 Å². The Morgan fingerprint density at radius 1 is 1.12 bits per heavy atom. The summed E-state index contributed by atoms with van der Waals surface area (Å²) in [4.78, 5) is 12.6. The third-order valence-electron chi connectivity index (χ3n) is 3.57. The summed E-state index contributed by atoms with van der Waals surface area (Å²) in [6.07, 6.45) is 0. The molecular formula is C17H18ClNO5S. The molecule has 2 aromatic rings. The number of benzene rings is 2. The highest BCUT2D eigenvalue weighted by molar-refractivity contribution is 7.91. The van der Waals surface area contributed by atoms with E-state index >= 15 is 0 Å². The topological polar surface area (TPSA) is 81.7 Å². The van der Waals surface area contributed by atoms with Crippen molar-refractivity contribution in [2.24, 2.45) is 0 Å². The lowest BCUT2D eigenvalue weighted by atomic mass is 10.2. The second kappa shape index (κ2) is 7.76. The maximum atomic E-state index is 12.6. The summed E-state index contributed by atoms with van der Waals surface area (Å²) in [6.45, 7) is 1.52. The SMILES string of the molecule is CCS(=O)(=O)c1ccccc1C(=O)Nc1cc(Cl)c(OC)cc1OC. The van der Waals surface area contributed by atoms with Crippen molar-refractivity contribution in [1.82, 2.24) is 0 Å². The molecule has 6 nitrogen and oxygen atoms in total. The third kappa shape index (κ3) is 4.05. The number of methoxy groups -OCH3 is 2. The van der Waals surface area contributed by atoms with Crippen molar-refractivity contribution in [3.8, 4) is 11.5 Å². The number of nitrogens with one attached hydrogen (secondary N) is 1. The van der Waals surface area contributed by atoms with Crippen LogP contribution in [0.4, 0.5) is 5.69 Å². The number of carbonyl (C=O) groups excluding carboxylic acids is 1. The number of carbonyl (C=O) groups is 1. The van der Waals surface area contributed by atoms with Crippen LogP contribution in [0.3, 0.4) is 0 Å². The van der Waals surface area contributed by atoms with Crippen molar-refractivity contribution >= 4 is 33.0 Å². The van der Waals surface area contributed by atoms with Gasteiger partial charge >= 0.3 is 0 Å². The Morgan fingerprint density at radius 2 is 1.76 bits per heavy atom. The van der Waals surface area contributed by atoms with E-state index in [0.29, 0.717) is 17.2 Å². The predicted octanol–water partition coefficient (Wildman–Crippen LogP) is 3.40. The van der Waals surface area contributed by atoms with Crippen molar-refractivity contribution in [3.05, 3.63) is 47.0 Å². The number of anilines is 1. The number of rotatable bonds is 6. The fourth-order valence-electron chi connectivity index (χ4n) is 2.23. The van der Waals surface area contributed by atoms with Gasteiger partial charge < -0.3 is 14.8 Å². The highest BCUT2D eigenvalue weighted by Crippen LogP contribution is 2.36. The zero-order chi connectivity index (χ0) is 18.6. The standard InChI is InChI=1S/C17H18ClNO5S/c1-4-25(21,22)16-8-6-5-7-11(16)17(20)19-13-9-12(18)14(23-2)10-15(13)24-3/h5-10H,4H2,1-3H3,(H,19,20).